The summed E-state index contributed by atoms with van der Waals surface area (Å²) in [5, 5.41) is 13.7. The van der Waals surface area contributed by atoms with Crippen molar-refractivity contribution in [2.24, 2.45) is 0 Å². The monoisotopic (exact) mass is 275 g/mol. The molecule has 6 heteroatoms. The van der Waals surface area contributed by atoms with Gasteiger partial charge in [0, 0.05) is 5.56 Å². The smallest absolute Gasteiger partial charge is 0.213 e. The van der Waals surface area contributed by atoms with E-state index in [-0.39, 0.29) is 6.61 Å². The molecule has 0 atom stereocenters. The molecule has 0 saturated heterocycles. The van der Waals surface area contributed by atoms with Crippen LogP contribution in [-0.4, -0.2) is 26.8 Å². The maximum atomic E-state index is 9.22. The molecule has 1 aromatic carbocycles. The predicted molar refractivity (Wildman–Crippen MR) is 73.5 cm³/mol. The van der Waals surface area contributed by atoms with E-state index in [1.807, 2.05) is 31.2 Å². The Hall–Kier alpha value is -1.92. The molecule has 0 amide bonds. The lowest BCUT2D eigenvalue weighted by Crippen LogP contribution is -1.91. The highest BCUT2D eigenvalue weighted by molar-refractivity contribution is 7.17. The molecule has 98 valence electrons. The van der Waals surface area contributed by atoms with Crippen molar-refractivity contribution in [1.29, 1.82) is 0 Å². The second-order valence-electron chi connectivity index (χ2n) is 4.13. The number of thiazole rings is 1. The molecule has 3 rings (SSSR count). The summed E-state index contributed by atoms with van der Waals surface area (Å²) in [7, 11) is 1.63. The standard InChI is InChI=1S/C13H13N3O2S/c1-8-11(7-17)19-13-14-12(15-16(8)13)9-4-3-5-10(6-9)18-2/h3-6,17H,7H2,1-2H3. The van der Waals surface area contributed by atoms with Gasteiger partial charge >= 0.3 is 0 Å². The van der Waals surface area contributed by atoms with Gasteiger partial charge in [0.05, 0.1) is 24.3 Å². The van der Waals surface area contributed by atoms with Gasteiger partial charge < -0.3 is 9.84 Å². The molecule has 0 fully saturated rings. The van der Waals surface area contributed by atoms with Crippen LogP contribution in [0.2, 0.25) is 0 Å². The number of aromatic nitrogens is 3. The van der Waals surface area contributed by atoms with Gasteiger partial charge in [-0.25, -0.2) is 4.52 Å². The second kappa shape index (κ2) is 4.64. The Bertz CT molecular complexity index is 733. The van der Waals surface area contributed by atoms with E-state index < -0.39 is 0 Å². The third-order valence-corrected chi connectivity index (χ3v) is 4.10. The fourth-order valence-corrected chi connectivity index (χ4v) is 2.83. The van der Waals surface area contributed by atoms with E-state index in [2.05, 4.69) is 10.1 Å². The number of benzene rings is 1. The number of aliphatic hydroxyl groups excluding tert-OH is 1. The molecular formula is C13H13N3O2S. The van der Waals surface area contributed by atoms with Crippen molar-refractivity contribution in [2.45, 2.75) is 13.5 Å². The molecule has 0 saturated carbocycles. The molecule has 19 heavy (non-hydrogen) atoms. The summed E-state index contributed by atoms with van der Waals surface area (Å²) in [5.74, 6) is 1.45. The summed E-state index contributed by atoms with van der Waals surface area (Å²) < 4.78 is 6.97. The Balaban J connectivity index is 2.10. The van der Waals surface area contributed by atoms with Crippen molar-refractivity contribution in [1.82, 2.24) is 14.6 Å². The van der Waals surface area contributed by atoms with Gasteiger partial charge in [-0.2, -0.15) is 4.98 Å². The number of ether oxygens (including phenoxy) is 1. The highest BCUT2D eigenvalue weighted by Crippen LogP contribution is 2.26. The van der Waals surface area contributed by atoms with E-state index >= 15 is 0 Å². The van der Waals surface area contributed by atoms with E-state index in [4.69, 9.17) is 4.74 Å². The molecule has 2 heterocycles. The van der Waals surface area contributed by atoms with Gasteiger partial charge in [0.25, 0.3) is 0 Å². The van der Waals surface area contributed by atoms with Crippen LogP contribution in [0.25, 0.3) is 16.3 Å². The van der Waals surface area contributed by atoms with Crippen LogP contribution < -0.4 is 4.74 Å². The van der Waals surface area contributed by atoms with Gasteiger partial charge in [0.1, 0.15) is 5.75 Å². The summed E-state index contributed by atoms with van der Waals surface area (Å²) in [6.07, 6.45) is 0. The van der Waals surface area contributed by atoms with Gasteiger partial charge in [-0.05, 0) is 19.1 Å². The number of hydrogen-bond donors (Lipinski definition) is 1. The van der Waals surface area contributed by atoms with Crippen LogP contribution in [0.5, 0.6) is 5.75 Å². The average Bonchev–Trinajstić information content (AvgIpc) is 2.99. The van der Waals surface area contributed by atoms with Gasteiger partial charge in [-0.3, -0.25) is 0 Å². The van der Waals surface area contributed by atoms with E-state index in [9.17, 15) is 5.11 Å². The lowest BCUT2D eigenvalue weighted by Gasteiger charge is -2.00. The first-order chi connectivity index (χ1) is 9.22. The summed E-state index contributed by atoms with van der Waals surface area (Å²) >= 11 is 1.46. The van der Waals surface area contributed by atoms with E-state index in [1.54, 1.807) is 11.6 Å². The maximum absolute atomic E-state index is 9.22. The molecule has 2 aromatic heterocycles. The number of aryl methyl sites for hydroxylation is 1. The first-order valence-electron chi connectivity index (χ1n) is 5.83. The average molecular weight is 275 g/mol. The Morgan fingerprint density at radius 2 is 2.26 bits per heavy atom. The molecular weight excluding hydrogens is 262 g/mol. The van der Waals surface area contributed by atoms with Crippen LogP contribution in [0.15, 0.2) is 24.3 Å². The van der Waals surface area contributed by atoms with Gasteiger partial charge in [-0.15, -0.1) is 5.10 Å². The van der Waals surface area contributed by atoms with Crippen molar-refractivity contribution < 1.29 is 9.84 Å². The first kappa shape index (κ1) is 12.1. The molecule has 3 aromatic rings. The van der Waals surface area contributed by atoms with Crippen molar-refractivity contribution in [3.8, 4) is 17.1 Å². The Labute approximate surface area is 114 Å². The SMILES string of the molecule is COc1cccc(-c2nc3sc(CO)c(C)n3n2)c1. The Morgan fingerprint density at radius 1 is 1.42 bits per heavy atom. The molecule has 0 aliphatic heterocycles. The molecule has 0 radical (unpaired) electrons. The zero-order chi connectivity index (χ0) is 13.4. The number of aliphatic hydroxyl groups is 1. The highest BCUT2D eigenvalue weighted by atomic mass is 32.1. The maximum Gasteiger partial charge on any atom is 0.213 e. The van der Waals surface area contributed by atoms with Crippen molar-refractivity contribution in [3.05, 3.63) is 34.8 Å². The number of nitrogens with zero attached hydrogens (tertiary/aromatic N) is 3. The number of fused-ring (bicyclic) bond motifs is 1. The first-order valence-corrected chi connectivity index (χ1v) is 6.65. The lowest BCUT2D eigenvalue weighted by atomic mass is 10.2. The largest absolute Gasteiger partial charge is 0.497 e. The second-order valence-corrected chi connectivity index (χ2v) is 5.19. The van der Waals surface area contributed by atoms with E-state index in [0.29, 0.717) is 5.82 Å². The fourth-order valence-electron chi connectivity index (χ4n) is 1.92. The van der Waals surface area contributed by atoms with E-state index in [1.165, 1.54) is 11.3 Å². The number of rotatable bonds is 3. The number of methoxy groups -OCH3 is 1. The van der Waals surface area contributed by atoms with E-state index in [0.717, 1.165) is 26.8 Å². The Kier molecular flexibility index (Phi) is 2.96. The zero-order valence-corrected chi connectivity index (χ0v) is 11.4. The quantitative estimate of drug-likeness (QED) is 0.796. The normalized spacial score (nSPS) is 11.1. The van der Waals surface area contributed by atoms with Crippen LogP contribution in [0.1, 0.15) is 10.6 Å². The Morgan fingerprint density at radius 3 is 2.95 bits per heavy atom. The molecule has 0 aliphatic carbocycles. The van der Waals surface area contributed by atoms with Gasteiger partial charge in [-0.1, -0.05) is 23.5 Å². The van der Waals surface area contributed by atoms with Crippen LogP contribution in [0.4, 0.5) is 0 Å². The van der Waals surface area contributed by atoms with Gasteiger partial charge in [0.15, 0.2) is 5.82 Å². The predicted octanol–water partition coefficient (Wildman–Crippen LogP) is 2.27. The minimum Gasteiger partial charge on any atom is -0.497 e. The summed E-state index contributed by atoms with van der Waals surface area (Å²) in [5.41, 5.74) is 1.85. The molecule has 0 unspecified atom stereocenters. The van der Waals surface area contributed by atoms with Gasteiger partial charge in [0.2, 0.25) is 4.96 Å². The summed E-state index contributed by atoms with van der Waals surface area (Å²) in [4.78, 5) is 6.18. The van der Waals surface area contributed by atoms with Crippen molar-refractivity contribution in [3.63, 3.8) is 0 Å². The van der Waals surface area contributed by atoms with Crippen LogP contribution in [-0.2, 0) is 6.61 Å². The topological polar surface area (TPSA) is 59.7 Å². The zero-order valence-electron chi connectivity index (χ0n) is 10.6. The number of hydrogen-bond acceptors (Lipinski definition) is 5. The third-order valence-electron chi connectivity index (χ3n) is 2.98. The van der Waals surface area contributed by atoms with Crippen LogP contribution in [0, 0.1) is 6.92 Å². The van der Waals surface area contributed by atoms with Crippen LogP contribution in [0.3, 0.4) is 0 Å². The van der Waals surface area contributed by atoms with Crippen molar-refractivity contribution >= 4 is 16.3 Å². The summed E-state index contributed by atoms with van der Waals surface area (Å²) in [6, 6.07) is 7.65. The fraction of sp³-hybridized carbons (Fsp3) is 0.231. The summed E-state index contributed by atoms with van der Waals surface area (Å²) in [6.45, 7) is 1.95. The highest BCUT2D eigenvalue weighted by Gasteiger charge is 2.13. The third kappa shape index (κ3) is 1.98. The minimum atomic E-state index is 0.0238. The lowest BCUT2D eigenvalue weighted by molar-refractivity contribution is 0.284. The van der Waals surface area contributed by atoms with Crippen LogP contribution >= 0.6 is 11.3 Å². The molecule has 0 aliphatic rings. The molecule has 1 N–H and O–H groups in total. The minimum absolute atomic E-state index is 0.0238. The van der Waals surface area contributed by atoms with Crippen molar-refractivity contribution in [2.75, 3.05) is 7.11 Å². The molecule has 0 bridgehead atoms. The molecule has 5 nitrogen and oxygen atoms in total. The molecule has 0 spiro atoms.